The number of hydrogen-bond donors (Lipinski definition) is 2. The third kappa shape index (κ3) is 6.28. The van der Waals surface area contributed by atoms with Crippen LogP contribution in [0.25, 0.3) is 0 Å². The number of ether oxygens (including phenoxy) is 2. The predicted octanol–water partition coefficient (Wildman–Crippen LogP) is 2.41. The Hall–Kier alpha value is -1.94. The Labute approximate surface area is 166 Å². The molecular weight excluding hydrogens is 459 g/mol. The molecule has 1 unspecified atom stereocenters. The van der Waals surface area contributed by atoms with Crippen LogP contribution in [0.4, 0.5) is 30.7 Å². The van der Waals surface area contributed by atoms with Crippen LogP contribution in [-0.4, -0.2) is 61.1 Å². The zero-order chi connectivity index (χ0) is 24.0. The molecule has 30 heavy (non-hydrogen) atoms. The average Bonchev–Trinajstić information content (AvgIpc) is 2.57. The van der Waals surface area contributed by atoms with Gasteiger partial charge in [0.15, 0.2) is 0 Å². The van der Waals surface area contributed by atoms with Crippen molar-refractivity contribution in [2.45, 2.75) is 49.3 Å². The van der Waals surface area contributed by atoms with Gasteiger partial charge in [-0.25, -0.2) is 4.79 Å². The second-order valence-electron chi connectivity index (χ2n) is 5.60. The van der Waals surface area contributed by atoms with E-state index in [-0.39, 0.29) is 6.54 Å². The van der Waals surface area contributed by atoms with Crippen molar-refractivity contribution in [1.82, 2.24) is 5.32 Å². The van der Waals surface area contributed by atoms with Gasteiger partial charge >= 0.3 is 45.1 Å². The minimum absolute atomic E-state index is 0.293. The van der Waals surface area contributed by atoms with E-state index in [0.29, 0.717) is 6.08 Å². The zero-order valence-electron chi connectivity index (χ0n) is 15.3. The molecule has 0 radical (unpaired) electrons. The molecule has 0 rings (SSSR count). The van der Waals surface area contributed by atoms with Crippen molar-refractivity contribution in [2.75, 3.05) is 13.2 Å². The van der Waals surface area contributed by atoms with Crippen molar-refractivity contribution < 1.29 is 62.8 Å². The van der Waals surface area contributed by atoms with E-state index in [4.69, 9.17) is 4.55 Å². The molecule has 0 aromatic carbocycles. The Bertz CT molecular complexity index is 739. The minimum Gasteiger partial charge on any atom is -0.412 e. The fraction of sp³-hybridized carbons (Fsp3) is 0.714. The highest BCUT2D eigenvalue weighted by Gasteiger charge is 2.66. The van der Waals surface area contributed by atoms with E-state index in [0.717, 1.165) is 0 Å². The molecular formula is C14H18F7NO7S. The highest BCUT2D eigenvalue weighted by atomic mass is 32.2. The van der Waals surface area contributed by atoms with Crippen LogP contribution in [0.15, 0.2) is 12.7 Å². The maximum Gasteiger partial charge on any atom is 0.466 e. The summed E-state index contributed by atoms with van der Waals surface area (Å²) in [6.45, 7) is 2.56. The predicted molar refractivity (Wildman–Crippen MR) is 85.0 cm³/mol. The van der Waals surface area contributed by atoms with Gasteiger partial charge in [0.25, 0.3) is 0 Å². The van der Waals surface area contributed by atoms with Crippen molar-refractivity contribution in [2.24, 2.45) is 0 Å². The first-order valence-corrected chi connectivity index (χ1v) is 9.40. The normalized spacial score (nSPS) is 15.2. The fourth-order valence-corrected chi connectivity index (χ4v) is 2.35. The topological polar surface area (TPSA) is 119 Å². The number of amides is 1. The first kappa shape index (κ1) is 28.1. The Morgan fingerprint density at radius 1 is 1.10 bits per heavy atom. The quantitative estimate of drug-likeness (QED) is 0.111. The summed E-state index contributed by atoms with van der Waals surface area (Å²) in [5.41, 5.74) is 0. The third-order valence-electron chi connectivity index (χ3n) is 3.36. The molecule has 1 amide bonds. The minimum atomic E-state index is -6.46. The number of nitrogens with one attached hydrogen (secondary N) is 1. The number of halogens is 7. The number of esters is 1. The molecule has 0 spiro atoms. The standard InChI is InChI=1S/C14H18F7NO7S/c1-3-9(23)29-12(13(17,18)19,10(24)22-4-2)28-8-6-5-7-11(15,16)14(20,21)30(25,26)27/h3H,1,4-8H2,2H3,(H,22,24)(H,25,26,27). The Morgan fingerprint density at radius 2 is 1.63 bits per heavy atom. The maximum absolute atomic E-state index is 13.4. The summed E-state index contributed by atoms with van der Waals surface area (Å²) in [6.07, 6.45) is -9.04. The van der Waals surface area contributed by atoms with Crippen LogP contribution < -0.4 is 5.32 Å². The highest BCUT2D eigenvalue weighted by molar-refractivity contribution is 7.87. The van der Waals surface area contributed by atoms with Crippen LogP contribution >= 0.6 is 0 Å². The van der Waals surface area contributed by atoms with E-state index in [9.17, 15) is 48.7 Å². The Morgan fingerprint density at radius 3 is 2.03 bits per heavy atom. The molecule has 0 aliphatic carbocycles. The first-order chi connectivity index (χ1) is 13.4. The van der Waals surface area contributed by atoms with Crippen molar-refractivity contribution in [3.8, 4) is 0 Å². The zero-order valence-corrected chi connectivity index (χ0v) is 16.1. The van der Waals surface area contributed by atoms with Gasteiger partial charge in [-0.05, 0) is 19.8 Å². The summed E-state index contributed by atoms with van der Waals surface area (Å²) in [7, 11) is -6.46. The van der Waals surface area contributed by atoms with Crippen molar-refractivity contribution in [1.29, 1.82) is 0 Å². The number of unbranched alkanes of at least 4 members (excludes halogenated alkanes) is 1. The van der Waals surface area contributed by atoms with Crippen molar-refractivity contribution in [3.63, 3.8) is 0 Å². The lowest BCUT2D eigenvalue weighted by Gasteiger charge is -2.32. The number of likely N-dealkylation sites (N-methyl/N-ethyl adjacent to an activating group) is 1. The molecule has 0 aliphatic heterocycles. The van der Waals surface area contributed by atoms with E-state index < -0.39 is 71.0 Å². The summed E-state index contributed by atoms with van der Waals surface area (Å²) >= 11 is 0. The molecule has 0 aromatic heterocycles. The molecule has 0 fully saturated rings. The molecule has 176 valence electrons. The van der Waals surface area contributed by atoms with Gasteiger partial charge in [-0.3, -0.25) is 9.35 Å². The summed E-state index contributed by atoms with van der Waals surface area (Å²) in [4.78, 5) is 23.1. The number of alkyl halides is 7. The second kappa shape index (κ2) is 9.91. The van der Waals surface area contributed by atoms with Crippen molar-refractivity contribution >= 4 is 22.0 Å². The van der Waals surface area contributed by atoms with Crippen LogP contribution in [-0.2, 0) is 29.2 Å². The molecule has 0 aliphatic rings. The summed E-state index contributed by atoms with van der Waals surface area (Å²) < 4.78 is 130. The first-order valence-electron chi connectivity index (χ1n) is 7.96. The van der Waals surface area contributed by atoms with E-state index >= 15 is 0 Å². The smallest absolute Gasteiger partial charge is 0.412 e. The van der Waals surface area contributed by atoms with E-state index in [2.05, 4.69) is 16.1 Å². The van der Waals surface area contributed by atoms with E-state index in [1.807, 2.05) is 0 Å². The molecule has 0 heterocycles. The van der Waals surface area contributed by atoms with E-state index in [1.165, 1.54) is 6.92 Å². The number of rotatable bonds is 12. The molecule has 8 nitrogen and oxygen atoms in total. The SMILES string of the molecule is C=CC(=O)OC(OCCCCC(F)(F)C(F)(F)S(=O)(=O)O)(C(=O)NCC)C(F)(F)F. The largest absolute Gasteiger partial charge is 0.466 e. The van der Waals surface area contributed by atoms with Crippen LogP contribution in [0.5, 0.6) is 0 Å². The summed E-state index contributed by atoms with van der Waals surface area (Å²) in [5, 5.41) is -4.12. The summed E-state index contributed by atoms with van der Waals surface area (Å²) in [5.74, 6) is -13.1. The lowest BCUT2D eigenvalue weighted by atomic mass is 10.1. The Balaban J connectivity index is 5.34. The third-order valence-corrected chi connectivity index (χ3v) is 4.31. The number of carbonyl (C=O) groups is 2. The second-order valence-corrected chi connectivity index (χ2v) is 7.06. The van der Waals surface area contributed by atoms with Gasteiger partial charge in [0.05, 0.1) is 6.61 Å². The number of hydrogen-bond acceptors (Lipinski definition) is 6. The lowest BCUT2D eigenvalue weighted by molar-refractivity contribution is -0.346. The summed E-state index contributed by atoms with van der Waals surface area (Å²) in [6, 6.07) is 0. The van der Waals surface area contributed by atoms with Gasteiger partial charge < -0.3 is 14.8 Å². The highest BCUT2D eigenvalue weighted by Crippen LogP contribution is 2.42. The van der Waals surface area contributed by atoms with Gasteiger partial charge in [0.2, 0.25) is 0 Å². The molecule has 2 N–H and O–H groups in total. The van der Waals surface area contributed by atoms with Crippen LogP contribution in [0.3, 0.4) is 0 Å². The van der Waals surface area contributed by atoms with Gasteiger partial charge in [-0.15, -0.1) is 0 Å². The molecule has 0 saturated carbocycles. The van der Waals surface area contributed by atoms with Crippen LogP contribution in [0.2, 0.25) is 0 Å². The molecule has 16 heteroatoms. The lowest BCUT2D eigenvalue weighted by Crippen LogP contribution is -2.61. The maximum atomic E-state index is 13.4. The molecule has 0 saturated heterocycles. The molecule has 0 bridgehead atoms. The molecule has 1 atom stereocenters. The monoisotopic (exact) mass is 477 g/mol. The average molecular weight is 477 g/mol. The molecule has 0 aromatic rings. The van der Waals surface area contributed by atoms with Crippen LogP contribution in [0.1, 0.15) is 26.2 Å². The van der Waals surface area contributed by atoms with Gasteiger partial charge in [-0.1, -0.05) is 6.58 Å². The fourth-order valence-electron chi connectivity index (χ4n) is 1.87. The Kier molecular flexibility index (Phi) is 9.27. The van der Waals surface area contributed by atoms with Crippen molar-refractivity contribution in [3.05, 3.63) is 12.7 Å². The van der Waals surface area contributed by atoms with Crippen LogP contribution in [0, 0.1) is 0 Å². The van der Waals surface area contributed by atoms with Gasteiger partial charge in [-0.2, -0.15) is 39.2 Å². The van der Waals surface area contributed by atoms with Gasteiger partial charge in [0, 0.05) is 19.0 Å². The number of carbonyl (C=O) groups excluding carboxylic acids is 2. The van der Waals surface area contributed by atoms with Gasteiger partial charge in [0.1, 0.15) is 0 Å². The van der Waals surface area contributed by atoms with E-state index in [1.54, 1.807) is 5.32 Å².